The van der Waals surface area contributed by atoms with Gasteiger partial charge in [-0.2, -0.15) is 0 Å². The molecule has 0 atom stereocenters. The van der Waals surface area contributed by atoms with Gasteiger partial charge in [-0.05, 0) is 24.3 Å². The molecule has 1 fully saturated rings. The molecule has 1 aliphatic rings. The van der Waals surface area contributed by atoms with Crippen LogP contribution in [0.1, 0.15) is 39.2 Å². The number of nitrogens with one attached hydrogen (secondary N) is 1. The van der Waals surface area contributed by atoms with E-state index in [1.54, 1.807) is 6.20 Å². The van der Waals surface area contributed by atoms with E-state index in [2.05, 4.69) is 37.1 Å². The van der Waals surface area contributed by atoms with Gasteiger partial charge in [0.15, 0.2) is 0 Å². The Labute approximate surface area is 97.2 Å². The third-order valence-electron chi connectivity index (χ3n) is 2.73. The molecule has 88 valence electrons. The van der Waals surface area contributed by atoms with Crippen molar-refractivity contribution in [3.63, 3.8) is 0 Å². The van der Waals surface area contributed by atoms with Gasteiger partial charge in [0.05, 0.1) is 12.3 Å². The third kappa shape index (κ3) is 2.46. The van der Waals surface area contributed by atoms with Crippen LogP contribution in [-0.4, -0.2) is 18.1 Å². The Hall–Kier alpha value is -1.25. The van der Waals surface area contributed by atoms with Crippen molar-refractivity contribution in [3.8, 4) is 5.75 Å². The zero-order chi connectivity index (χ0) is 11.8. The largest absolute Gasteiger partial charge is 0.489 e. The molecule has 0 spiro atoms. The van der Waals surface area contributed by atoms with Crippen LogP contribution in [0, 0.1) is 0 Å². The van der Waals surface area contributed by atoms with Gasteiger partial charge in [-0.15, -0.1) is 0 Å². The molecule has 1 saturated carbocycles. The van der Waals surface area contributed by atoms with E-state index in [9.17, 15) is 0 Å². The minimum absolute atomic E-state index is 0.0776. The fraction of sp³-hybridized carbons (Fsp3) is 0.615. The molecule has 0 amide bonds. The van der Waals surface area contributed by atoms with Gasteiger partial charge in [0.1, 0.15) is 11.6 Å². The first-order valence-corrected chi connectivity index (χ1v) is 5.85. The van der Waals surface area contributed by atoms with Gasteiger partial charge in [0.2, 0.25) is 0 Å². The smallest absolute Gasteiger partial charge is 0.138 e. The van der Waals surface area contributed by atoms with Crippen LogP contribution in [0.15, 0.2) is 12.3 Å². The zero-order valence-electron chi connectivity index (χ0n) is 10.5. The molecule has 0 aromatic carbocycles. The molecule has 1 N–H and O–H groups in total. The van der Waals surface area contributed by atoms with E-state index in [1.165, 1.54) is 18.4 Å². The van der Waals surface area contributed by atoms with Crippen molar-refractivity contribution in [2.75, 3.05) is 12.4 Å². The highest BCUT2D eigenvalue weighted by Gasteiger charge is 2.25. The average molecular weight is 220 g/mol. The predicted molar refractivity (Wildman–Crippen MR) is 66.1 cm³/mol. The maximum Gasteiger partial charge on any atom is 0.138 e. The monoisotopic (exact) mass is 220 g/mol. The van der Waals surface area contributed by atoms with E-state index in [1.807, 2.05) is 7.05 Å². The van der Waals surface area contributed by atoms with E-state index in [0.717, 1.165) is 11.6 Å². The molecular weight excluding hydrogens is 200 g/mol. The Kier molecular flexibility index (Phi) is 2.78. The van der Waals surface area contributed by atoms with Crippen molar-refractivity contribution in [2.45, 2.75) is 45.1 Å². The van der Waals surface area contributed by atoms with Crippen LogP contribution >= 0.6 is 0 Å². The van der Waals surface area contributed by atoms with Crippen LogP contribution in [0.3, 0.4) is 0 Å². The first kappa shape index (κ1) is 11.2. The molecule has 0 aliphatic heterocycles. The Balaban J connectivity index is 2.29. The Morgan fingerprint density at radius 1 is 1.38 bits per heavy atom. The zero-order valence-corrected chi connectivity index (χ0v) is 10.5. The molecular formula is C13H20N2O. The van der Waals surface area contributed by atoms with E-state index in [-0.39, 0.29) is 5.41 Å². The van der Waals surface area contributed by atoms with Gasteiger partial charge in [-0.3, -0.25) is 0 Å². The molecule has 0 saturated heterocycles. The lowest BCUT2D eigenvalue weighted by atomic mass is 9.87. The van der Waals surface area contributed by atoms with Crippen LogP contribution in [-0.2, 0) is 5.41 Å². The second-order valence-electron chi connectivity index (χ2n) is 5.38. The van der Waals surface area contributed by atoms with Gasteiger partial charge in [0.25, 0.3) is 0 Å². The fourth-order valence-corrected chi connectivity index (χ4v) is 1.66. The summed E-state index contributed by atoms with van der Waals surface area (Å²) in [4.78, 5) is 4.41. The predicted octanol–water partition coefficient (Wildman–Crippen LogP) is 2.96. The summed E-state index contributed by atoms with van der Waals surface area (Å²) in [6.07, 6.45) is 4.59. The maximum absolute atomic E-state index is 5.77. The minimum Gasteiger partial charge on any atom is -0.489 e. The second kappa shape index (κ2) is 3.96. The van der Waals surface area contributed by atoms with Crippen molar-refractivity contribution in [1.82, 2.24) is 4.98 Å². The van der Waals surface area contributed by atoms with E-state index in [4.69, 9.17) is 4.74 Å². The summed E-state index contributed by atoms with van der Waals surface area (Å²) >= 11 is 0. The summed E-state index contributed by atoms with van der Waals surface area (Å²) in [6, 6.07) is 2.11. The lowest BCUT2D eigenvalue weighted by molar-refractivity contribution is 0.301. The van der Waals surface area contributed by atoms with Gasteiger partial charge in [-0.25, -0.2) is 4.98 Å². The summed E-state index contributed by atoms with van der Waals surface area (Å²) in [5.74, 6) is 1.84. The van der Waals surface area contributed by atoms with Crippen LogP contribution in [0.4, 0.5) is 5.82 Å². The van der Waals surface area contributed by atoms with Crippen molar-refractivity contribution in [1.29, 1.82) is 0 Å². The van der Waals surface area contributed by atoms with E-state index in [0.29, 0.717) is 6.10 Å². The highest BCUT2D eigenvalue weighted by atomic mass is 16.5. The number of aromatic nitrogens is 1. The highest BCUT2D eigenvalue weighted by molar-refractivity contribution is 5.50. The molecule has 0 bridgehead atoms. The fourth-order valence-electron chi connectivity index (χ4n) is 1.66. The number of hydrogen-bond donors (Lipinski definition) is 1. The van der Waals surface area contributed by atoms with E-state index < -0.39 is 0 Å². The molecule has 2 rings (SSSR count). The summed E-state index contributed by atoms with van der Waals surface area (Å²) < 4.78 is 5.77. The quantitative estimate of drug-likeness (QED) is 0.850. The van der Waals surface area contributed by atoms with Gasteiger partial charge >= 0.3 is 0 Å². The van der Waals surface area contributed by atoms with E-state index >= 15 is 0 Å². The molecule has 1 aromatic heterocycles. The lowest BCUT2D eigenvalue weighted by Crippen LogP contribution is -2.15. The van der Waals surface area contributed by atoms with Crippen molar-refractivity contribution in [2.24, 2.45) is 0 Å². The highest BCUT2D eigenvalue weighted by Crippen LogP contribution is 2.33. The Morgan fingerprint density at radius 2 is 2.06 bits per heavy atom. The Morgan fingerprint density at radius 3 is 2.56 bits per heavy atom. The first-order valence-electron chi connectivity index (χ1n) is 5.85. The number of rotatable bonds is 3. The molecule has 3 nitrogen and oxygen atoms in total. The van der Waals surface area contributed by atoms with Crippen molar-refractivity contribution < 1.29 is 4.74 Å². The molecule has 0 radical (unpaired) electrons. The maximum atomic E-state index is 5.77. The van der Waals surface area contributed by atoms with Crippen molar-refractivity contribution >= 4 is 5.82 Å². The normalized spacial score (nSPS) is 16.0. The second-order valence-corrected chi connectivity index (χ2v) is 5.38. The third-order valence-corrected chi connectivity index (χ3v) is 2.73. The van der Waals surface area contributed by atoms with Crippen LogP contribution in [0.2, 0.25) is 0 Å². The first-order chi connectivity index (χ1) is 7.50. The van der Waals surface area contributed by atoms with Crippen LogP contribution < -0.4 is 10.1 Å². The molecule has 1 aromatic rings. The van der Waals surface area contributed by atoms with Gasteiger partial charge in [-0.1, -0.05) is 20.8 Å². The van der Waals surface area contributed by atoms with Crippen LogP contribution in [0.25, 0.3) is 0 Å². The summed E-state index contributed by atoms with van der Waals surface area (Å²) in [7, 11) is 1.90. The lowest BCUT2D eigenvalue weighted by Gasteiger charge is -2.22. The number of anilines is 1. The molecule has 0 unspecified atom stereocenters. The number of ether oxygens (including phenoxy) is 1. The number of pyridine rings is 1. The topological polar surface area (TPSA) is 34.2 Å². The van der Waals surface area contributed by atoms with Crippen LogP contribution in [0.5, 0.6) is 5.75 Å². The Bertz CT molecular complexity index is 378. The molecule has 3 heteroatoms. The standard InChI is InChI=1S/C13H20N2O/c1-13(2,3)11-7-10(16-9-5-6-9)8-15-12(11)14-4/h7-9H,5-6H2,1-4H3,(H,14,15). The minimum atomic E-state index is 0.0776. The van der Waals surface area contributed by atoms with Gasteiger partial charge in [0, 0.05) is 12.6 Å². The number of hydrogen-bond acceptors (Lipinski definition) is 3. The number of nitrogens with zero attached hydrogens (tertiary/aromatic N) is 1. The molecule has 1 heterocycles. The molecule has 1 aliphatic carbocycles. The average Bonchev–Trinajstić information content (AvgIpc) is 3.00. The summed E-state index contributed by atoms with van der Waals surface area (Å²) in [5, 5.41) is 3.13. The molecule has 16 heavy (non-hydrogen) atoms. The van der Waals surface area contributed by atoms with Gasteiger partial charge < -0.3 is 10.1 Å². The SMILES string of the molecule is CNc1ncc(OC2CC2)cc1C(C)(C)C. The van der Waals surface area contributed by atoms with Crippen molar-refractivity contribution in [3.05, 3.63) is 17.8 Å². The summed E-state index contributed by atoms with van der Waals surface area (Å²) in [6.45, 7) is 6.56. The summed E-state index contributed by atoms with van der Waals surface area (Å²) in [5.41, 5.74) is 1.28.